The number of nitrogens with zero attached hydrogens (tertiary/aromatic N) is 5. The predicted octanol–water partition coefficient (Wildman–Crippen LogP) is 1.23. The standard InChI is InChI=1S/C19H38N6O2.HI/c1-5-22-7-9-23(10-8-22)16-17(3)15-21-18(20-4)24-11-13-25(14-12-24)19(26)27-6-2;/h17H,5-16H2,1-4H3,(H,20,21);1H. The molecule has 0 radical (unpaired) electrons. The van der Waals surface area contributed by atoms with Crippen molar-refractivity contribution in [2.75, 3.05) is 85.6 Å². The molecule has 2 aliphatic heterocycles. The Kier molecular flexibility index (Phi) is 12.1. The highest BCUT2D eigenvalue weighted by Crippen LogP contribution is 2.07. The molecule has 2 heterocycles. The van der Waals surface area contributed by atoms with E-state index in [9.17, 15) is 4.79 Å². The third-order valence-electron chi connectivity index (χ3n) is 5.41. The van der Waals surface area contributed by atoms with Crippen molar-refractivity contribution in [3.63, 3.8) is 0 Å². The van der Waals surface area contributed by atoms with E-state index >= 15 is 0 Å². The summed E-state index contributed by atoms with van der Waals surface area (Å²) in [4.78, 5) is 25.3. The number of rotatable bonds is 6. The molecule has 1 amide bonds. The van der Waals surface area contributed by atoms with Crippen molar-refractivity contribution in [3.05, 3.63) is 0 Å². The third kappa shape index (κ3) is 7.90. The molecule has 1 unspecified atom stereocenters. The minimum absolute atomic E-state index is 0. The van der Waals surface area contributed by atoms with Crippen LogP contribution in [-0.2, 0) is 4.74 Å². The zero-order chi connectivity index (χ0) is 19.6. The molecule has 0 aromatic carbocycles. The van der Waals surface area contributed by atoms with Crippen LogP contribution < -0.4 is 5.32 Å². The Morgan fingerprint density at radius 3 is 2.11 bits per heavy atom. The average molecular weight is 510 g/mol. The normalized spacial score (nSPS) is 20.5. The summed E-state index contributed by atoms with van der Waals surface area (Å²) in [5, 5.41) is 3.52. The Morgan fingerprint density at radius 1 is 1.00 bits per heavy atom. The summed E-state index contributed by atoms with van der Waals surface area (Å²) in [6, 6.07) is 0. The van der Waals surface area contributed by atoms with Gasteiger partial charge in [0.2, 0.25) is 0 Å². The van der Waals surface area contributed by atoms with E-state index in [-0.39, 0.29) is 30.1 Å². The highest BCUT2D eigenvalue weighted by Gasteiger charge is 2.24. The monoisotopic (exact) mass is 510 g/mol. The van der Waals surface area contributed by atoms with Gasteiger partial charge in [0, 0.05) is 72.5 Å². The van der Waals surface area contributed by atoms with Crippen molar-refractivity contribution in [2.45, 2.75) is 20.8 Å². The molecule has 0 bridgehead atoms. The van der Waals surface area contributed by atoms with E-state index in [0.717, 1.165) is 38.7 Å². The first-order valence-corrected chi connectivity index (χ1v) is 10.4. The van der Waals surface area contributed by atoms with Gasteiger partial charge in [-0.05, 0) is 19.4 Å². The summed E-state index contributed by atoms with van der Waals surface area (Å²) in [5.74, 6) is 1.50. The quantitative estimate of drug-likeness (QED) is 0.330. The molecule has 2 fully saturated rings. The Balaban J connectivity index is 0.00000392. The van der Waals surface area contributed by atoms with Crippen LogP contribution in [0.2, 0.25) is 0 Å². The van der Waals surface area contributed by atoms with E-state index in [2.05, 4.69) is 38.9 Å². The van der Waals surface area contributed by atoms with Gasteiger partial charge in [0.25, 0.3) is 0 Å². The van der Waals surface area contributed by atoms with E-state index < -0.39 is 0 Å². The van der Waals surface area contributed by atoms with Crippen LogP contribution in [0.1, 0.15) is 20.8 Å². The lowest BCUT2D eigenvalue weighted by Crippen LogP contribution is -2.54. The number of piperazine rings is 2. The number of nitrogens with one attached hydrogen (secondary N) is 1. The van der Waals surface area contributed by atoms with Crippen LogP contribution in [0.3, 0.4) is 0 Å². The number of guanidine groups is 1. The highest BCUT2D eigenvalue weighted by atomic mass is 127. The molecule has 1 atom stereocenters. The van der Waals surface area contributed by atoms with E-state index in [1.807, 2.05) is 14.0 Å². The number of amides is 1. The Labute approximate surface area is 187 Å². The zero-order valence-corrected chi connectivity index (χ0v) is 20.4. The number of carbonyl (C=O) groups excluding carboxylic acids is 1. The van der Waals surface area contributed by atoms with E-state index in [4.69, 9.17) is 4.74 Å². The lowest BCUT2D eigenvalue weighted by atomic mass is 10.1. The van der Waals surface area contributed by atoms with Crippen molar-refractivity contribution < 1.29 is 9.53 Å². The summed E-state index contributed by atoms with van der Waals surface area (Å²) in [6.45, 7) is 17.6. The topological polar surface area (TPSA) is 63.7 Å². The van der Waals surface area contributed by atoms with E-state index in [1.54, 1.807) is 4.90 Å². The van der Waals surface area contributed by atoms with Crippen molar-refractivity contribution >= 4 is 36.0 Å². The molecular weight excluding hydrogens is 471 g/mol. The summed E-state index contributed by atoms with van der Waals surface area (Å²) in [6.07, 6.45) is -0.211. The molecule has 8 nitrogen and oxygen atoms in total. The van der Waals surface area contributed by atoms with Crippen molar-refractivity contribution in [3.8, 4) is 0 Å². The fourth-order valence-corrected chi connectivity index (χ4v) is 3.71. The van der Waals surface area contributed by atoms with Crippen LogP contribution in [-0.4, -0.2) is 117 Å². The number of halogens is 1. The van der Waals surface area contributed by atoms with E-state index in [0.29, 0.717) is 25.6 Å². The fraction of sp³-hybridized carbons (Fsp3) is 0.895. The molecule has 164 valence electrons. The van der Waals surface area contributed by atoms with Crippen LogP contribution in [0.15, 0.2) is 4.99 Å². The van der Waals surface area contributed by atoms with Gasteiger partial charge in [-0.15, -0.1) is 24.0 Å². The van der Waals surface area contributed by atoms with Crippen LogP contribution in [0.5, 0.6) is 0 Å². The largest absolute Gasteiger partial charge is 0.450 e. The summed E-state index contributed by atoms with van der Waals surface area (Å²) < 4.78 is 5.08. The number of aliphatic imine (C=N–C) groups is 1. The summed E-state index contributed by atoms with van der Waals surface area (Å²) in [5.41, 5.74) is 0. The number of ether oxygens (including phenoxy) is 1. The minimum atomic E-state index is -0.211. The lowest BCUT2D eigenvalue weighted by molar-refractivity contribution is 0.0913. The first kappa shape index (κ1) is 25.2. The Morgan fingerprint density at radius 2 is 1.57 bits per heavy atom. The van der Waals surface area contributed by atoms with Crippen LogP contribution in [0.4, 0.5) is 4.79 Å². The molecule has 2 aliphatic rings. The first-order chi connectivity index (χ1) is 13.1. The second-order valence-corrected chi connectivity index (χ2v) is 7.44. The molecule has 28 heavy (non-hydrogen) atoms. The number of hydrogen-bond acceptors (Lipinski definition) is 5. The van der Waals surface area contributed by atoms with Crippen LogP contribution >= 0.6 is 24.0 Å². The van der Waals surface area contributed by atoms with Gasteiger partial charge < -0.3 is 29.7 Å². The molecular formula is C19H39IN6O2. The third-order valence-corrected chi connectivity index (χ3v) is 5.41. The smallest absolute Gasteiger partial charge is 0.409 e. The number of hydrogen-bond donors (Lipinski definition) is 1. The first-order valence-electron chi connectivity index (χ1n) is 10.4. The van der Waals surface area contributed by atoms with Gasteiger partial charge >= 0.3 is 6.09 Å². The summed E-state index contributed by atoms with van der Waals surface area (Å²) >= 11 is 0. The number of carbonyl (C=O) groups is 1. The molecule has 0 aromatic rings. The fourth-order valence-electron chi connectivity index (χ4n) is 3.71. The van der Waals surface area contributed by atoms with Gasteiger partial charge in [-0.3, -0.25) is 4.99 Å². The van der Waals surface area contributed by atoms with Crippen molar-refractivity contribution in [1.82, 2.24) is 24.9 Å². The Bertz CT molecular complexity index is 477. The highest BCUT2D eigenvalue weighted by molar-refractivity contribution is 14.0. The average Bonchev–Trinajstić information content (AvgIpc) is 2.69. The SMILES string of the molecule is CCOC(=O)N1CCN(C(=NC)NCC(C)CN2CCN(CC)CC2)CC1.I. The second kappa shape index (κ2) is 13.4. The molecule has 0 saturated carbocycles. The molecule has 2 rings (SSSR count). The van der Waals surface area contributed by atoms with Gasteiger partial charge in [0.15, 0.2) is 5.96 Å². The molecule has 0 aromatic heterocycles. The second-order valence-electron chi connectivity index (χ2n) is 7.44. The molecule has 2 saturated heterocycles. The lowest BCUT2D eigenvalue weighted by Gasteiger charge is -2.37. The molecule has 1 N–H and O–H groups in total. The van der Waals surface area contributed by atoms with Crippen molar-refractivity contribution in [1.29, 1.82) is 0 Å². The van der Waals surface area contributed by atoms with Gasteiger partial charge in [-0.2, -0.15) is 0 Å². The molecule has 9 heteroatoms. The number of likely N-dealkylation sites (N-methyl/N-ethyl adjacent to an activating group) is 1. The van der Waals surface area contributed by atoms with Crippen LogP contribution in [0.25, 0.3) is 0 Å². The predicted molar refractivity (Wildman–Crippen MR) is 125 cm³/mol. The maximum atomic E-state index is 11.8. The molecule has 0 spiro atoms. The van der Waals surface area contributed by atoms with Crippen molar-refractivity contribution in [2.24, 2.45) is 10.9 Å². The summed E-state index contributed by atoms with van der Waals surface area (Å²) in [7, 11) is 1.83. The maximum Gasteiger partial charge on any atom is 0.409 e. The van der Waals surface area contributed by atoms with Gasteiger partial charge in [0.1, 0.15) is 0 Å². The van der Waals surface area contributed by atoms with Crippen LogP contribution in [0, 0.1) is 5.92 Å². The van der Waals surface area contributed by atoms with Gasteiger partial charge in [0.05, 0.1) is 6.61 Å². The zero-order valence-electron chi connectivity index (χ0n) is 18.0. The Hall–Kier alpha value is -0.810. The maximum absolute atomic E-state index is 11.8. The van der Waals surface area contributed by atoms with Gasteiger partial charge in [-0.25, -0.2) is 4.79 Å². The minimum Gasteiger partial charge on any atom is -0.450 e. The van der Waals surface area contributed by atoms with Gasteiger partial charge in [-0.1, -0.05) is 13.8 Å². The van der Waals surface area contributed by atoms with E-state index in [1.165, 1.54) is 26.2 Å². The molecule has 0 aliphatic carbocycles.